The molecule has 0 aromatic rings. The highest BCUT2D eigenvalue weighted by Crippen LogP contribution is 2.00. The molecule has 0 aliphatic carbocycles. The second-order valence-corrected chi connectivity index (χ2v) is 4.71. The van der Waals surface area contributed by atoms with Crippen LogP contribution in [0, 0.1) is 0 Å². The van der Waals surface area contributed by atoms with Crippen molar-refractivity contribution in [1.82, 2.24) is 9.80 Å². The number of methoxy groups -OCH3 is 1. The van der Waals surface area contributed by atoms with Crippen molar-refractivity contribution in [3.05, 3.63) is 0 Å². The van der Waals surface area contributed by atoms with Crippen molar-refractivity contribution in [2.75, 3.05) is 66.2 Å². The molecule has 0 bridgehead atoms. The first kappa shape index (κ1) is 14.8. The molecule has 0 radical (unpaired) electrons. The molecule has 0 aromatic heterocycles. The molecule has 1 aliphatic rings. The third-order valence-electron chi connectivity index (χ3n) is 2.83. The highest BCUT2D eigenvalue weighted by atomic mass is 32.1. The Balaban J connectivity index is 2.01. The minimum atomic E-state index is 0.585. The standard InChI is InChI=1S/C11H23N3O2S/c1-15-8-9-16-7-6-13-2-4-14(5-3-13)10-11(12)17/h2-10H2,1H3,(H2,12,17). The average molecular weight is 261 g/mol. The highest BCUT2D eigenvalue weighted by Gasteiger charge is 2.16. The lowest BCUT2D eigenvalue weighted by Crippen LogP contribution is -2.49. The van der Waals surface area contributed by atoms with Gasteiger partial charge in [-0.25, -0.2) is 0 Å². The van der Waals surface area contributed by atoms with Gasteiger partial charge < -0.3 is 15.2 Å². The van der Waals surface area contributed by atoms with Crippen LogP contribution in [-0.4, -0.2) is 81.0 Å². The zero-order valence-corrected chi connectivity index (χ0v) is 11.4. The molecule has 1 aliphatic heterocycles. The van der Waals surface area contributed by atoms with Crippen LogP contribution in [0.1, 0.15) is 0 Å². The first-order chi connectivity index (χ1) is 8.22. The Bertz CT molecular complexity index is 221. The summed E-state index contributed by atoms with van der Waals surface area (Å²) in [5.41, 5.74) is 5.53. The fourth-order valence-electron chi connectivity index (χ4n) is 1.83. The van der Waals surface area contributed by atoms with Crippen molar-refractivity contribution in [2.24, 2.45) is 5.73 Å². The Hall–Kier alpha value is -0.270. The fourth-order valence-corrected chi connectivity index (χ4v) is 2.01. The van der Waals surface area contributed by atoms with E-state index in [1.165, 1.54) is 0 Å². The number of rotatable bonds is 8. The molecule has 2 N–H and O–H groups in total. The van der Waals surface area contributed by atoms with E-state index in [4.69, 9.17) is 27.4 Å². The first-order valence-electron chi connectivity index (χ1n) is 6.02. The molecule has 0 atom stereocenters. The lowest BCUT2D eigenvalue weighted by Gasteiger charge is -2.34. The number of hydrogen-bond acceptors (Lipinski definition) is 5. The molecule has 1 fully saturated rings. The topological polar surface area (TPSA) is 51.0 Å². The molecular weight excluding hydrogens is 238 g/mol. The number of ether oxygens (including phenoxy) is 2. The molecule has 100 valence electrons. The quantitative estimate of drug-likeness (QED) is 0.472. The van der Waals surface area contributed by atoms with Gasteiger partial charge in [0.25, 0.3) is 0 Å². The van der Waals surface area contributed by atoms with Crippen molar-refractivity contribution in [2.45, 2.75) is 0 Å². The molecule has 0 spiro atoms. The van der Waals surface area contributed by atoms with Crippen LogP contribution in [0.3, 0.4) is 0 Å². The van der Waals surface area contributed by atoms with Gasteiger partial charge in [-0.3, -0.25) is 9.80 Å². The van der Waals surface area contributed by atoms with Crippen molar-refractivity contribution < 1.29 is 9.47 Å². The third-order valence-corrected chi connectivity index (χ3v) is 2.96. The van der Waals surface area contributed by atoms with Crippen LogP contribution in [0.2, 0.25) is 0 Å². The van der Waals surface area contributed by atoms with E-state index < -0.39 is 0 Å². The van der Waals surface area contributed by atoms with E-state index >= 15 is 0 Å². The maximum Gasteiger partial charge on any atom is 0.0870 e. The second kappa shape index (κ2) is 8.77. The predicted octanol–water partition coefficient (Wildman–Crippen LogP) is -0.447. The monoisotopic (exact) mass is 261 g/mol. The number of thiocarbonyl (C=S) groups is 1. The van der Waals surface area contributed by atoms with Crippen LogP contribution in [0.5, 0.6) is 0 Å². The summed E-state index contributed by atoms with van der Waals surface area (Å²) in [5.74, 6) is 0. The molecule has 0 aromatic carbocycles. The van der Waals surface area contributed by atoms with Gasteiger partial charge in [0.05, 0.1) is 24.8 Å². The van der Waals surface area contributed by atoms with E-state index in [-0.39, 0.29) is 0 Å². The summed E-state index contributed by atoms with van der Waals surface area (Å²) in [5, 5.41) is 0. The van der Waals surface area contributed by atoms with Gasteiger partial charge >= 0.3 is 0 Å². The zero-order chi connectivity index (χ0) is 12.5. The van der Waals surface area contributed by atoms with Crippen LogP contribution in [0.4, 0.5) is 0 Å². The highest BCUT2D eigenvalue weighted by molar-refractivity contribution is 7.80. The minimum absolute atomic E-state index is 0.585. The van der Waals surface area contributed by atoms with E-state index in [0.717, 1.165) is 45.9 Å². The SMILES string of the molecule is COCCOCCN1CCN(CC(N)=S)CC1. The van der Waals surface area contributed by atoms with Gasteiger partial charge in [-0.1, -0.05) is 12.2 Å². The number of nitrogens with zero attached hydrogens (tertiary/aromatic N) is 2. The number of hydrogen-bond donors (Lipinski definition) is 1. The van der Waals surface area contributed by atoms with E-state index in [0.29, 0.717) is 18.2 Å². The second-order valence-electron chi connectivity index (χ2n) is 4.19. The Morgan fingerprint density at radius 3 is 2.35 bits per heavy atom. The summed E-state index contributed by atoms with van der Waals surface area (Å²) < 4.78 is 10.4. The summed E-state index contributed by atoms with van der Waals surface area (Å²) in [6, 6.07) is 0. The Morgan fingerprint density at radius 2 is 1.76 bits per heavy atom. The maximum atomic E-state index is 5.53. The van der Waals surface area contributed by atoms with Gasteiger partial charge in [-0.2, -0.15) is 0 Å². The zero-order valence-electron chi connectivity index (χ0n) is 10.6. The van der Waals surface area contributed by atoms with E-state index in [1.807, 2.05) is 0 Å². The van der Waals surface area contributed by atoms with Gasteiger partial charge in [0.2, 0.25) is 0 Å². The summed E-state index contributed by atoms with van der Waals surface area (Å²) in [4.78, 5) is 5.29. The molecule has 0 saturated carbocycles. The maximum absolute atomic E-state index is 5.53. The van der Waals surface area contributed by atoms with E-state index in [9.17, 15) is 0 Å². The van der Waals surface area contributed by atoms with Crippen LogP contribution >= 0.6 is 12.2 Å². The first-order valence-corrected chi connectivity index (χ1v) is 6.43. The Morgan fingerprint density at radius 1 is 1.12 bits per heavy atom. The van der Waals surface area contributed by atoms with E-state index in [1.54, 1.807) is 7.11 Å². The van der Waals surface area contributed by atoms with Gasteiger partial charge in [-0.15, -0.1) is 0 Å². The fraction of sp³-hybridized carbons (Fsp3) is 0.909. The van der Waals surface area contributed by atoms with E-state index in [2.05, 4.69) is 9.80 Å². The van der Waals surface area contributed by atoms with Gasteiger partial charge in [0.1, 0.15) is 0 Å². The summed E-state index contributed by atoms with van der Waals surface area (Å²) in [7, 11) is 1.68. The molecular formula is C11H23N3O2S. The largest absolute Gasteiger partial charge is 0.392 e. The minimum Gasteiger partial charge on any atom is -0.392 e. The van der Waals surface area contributed by atoms with Crippen molar-refractivity contribution in [3.8, 4) is 0 Å². The molecule has 5 nitrogen and oxygen atoms in total. The van der Waals surface area contributed by atoms with Crippen LogP contribution < -0.4 is 5.73 Å². The summed E-state index contributed by atoms with van der Waals surface area (Å²) in [6.07, 6.45) is 0. The molecule has 1 saturated heterocycles. The smallest absolute Gasteiger partial charge is 0.0870 e. The lowest BCUT2D eigenvalue weighted by molar-refractivity contribution is 0.0477. The van der Waals surface area contributed by atoms with Crippen molar-refractivity contribution in [1.29, 1.82) is 0 Å². The summed E-state index contributed by atoms with van der Waals surface area (Å²) in [6.45, 7) is 8.06. The van der Waals surface area contributed by atoms with Crippen molar-refractivity contribution in [3.63, 3.8) is 0 Å². The van der Waals surface area contributed by atoms with Crippen LogP contribution in [0.25, 0.3) is 0 Å². The molecule has 1 heterocycles. The van der Waals surface area contributed by atoms with Gasteiger partial charge in [-0.05, 0) is 0 Å². The Labute approximate surface area is 109 Å². The Kier molecular flexibility index (Phi) is 7.63. The predicted molar refractivity (Wildman–Crippen MR) is 72.4 cm³/mol. The van der Waals surface area contributed by atoms with Crippen LogP contribution in [-0.2, 0) is 9.47 Å². The molecule has 1 rings (SSSR count). The van der Waals surface area contributed by atoms with Gasteiger partial charge in [0.15, 0.2) is 0 Å². The normalized spacial score (nSPS) is 18.4. The third kappa shape index (κ3) is 6.90. The van der Waals surface area contributed by atoms with Crippen LogP contribution in [0.15, 0.2) is 0 Å². The van der Waals surface area contributed by atoms with Crippen molar-refractivity contribution >= 4 is 17.2 Å². The summed E-state index contributed by atoms with van der Waals surface area (Å²) >= 11 is 4.91. The molecule has 6 heteroatoms. The average Bonchev–Trinajstić information content (AvgIpc) is 2.30. The number of nitrogens with two attached hydrogens (primary N) is 1. The molecule has 17 heavy (non-hydrogen) atoms. The molecule has 0 amide bonds. The molecule has 0 unspecified atom stereocenters. The lowest BCUT2D eigenvalue weighted by atomic mass is 10.3. The van der Waals surface area contributed by atoms with Gasteiger partial charge in [0, 0.05) is 46.4 Å². The number of piperazine rings is 1.